The number of phenolic OH excluding ortho intramolecular Hbond substituents is 1. The van der Waals surface area contributed by atoms with Gasteiger partial charge in [0, 0.05) is 12.7 Å². The Bertz CT molecular complexity index is 444. The highest BCUT2D eigenvalue weighted by Gasteiger charge is 2.06. The summed E-state index contributed by atoms with van der Waals surface area (Å²) in [5, 5.41) is 9.72. The second kappa shape index (κ2) is 6.71. The average Bonchev–Trinajstić information content (AvgIpc) is 2.28. The number of halogens is 1. The first kappa shape index (κ1) is 14.1. The minimum absolute atomic E-state index is 0.0859. The maximum absolute atomic E-state index is 10.7. The summed E-state index contributed by atoms with van der Waals surface area (Å²) in [6, 6.07) is 3.52. The molecule has 0 aliphatic carbocycles. The van der Waals surface area contributed by atoms with E-state index in [4.69, 9.17) is 4.74 Å². The Hall–Kier alpha value is -0.940. The van der Waals surface area contributed by atoms with Gasteiger partial charge in [-0.15, -0.1) is 0 Å². The molecule has 5 heteroatoms. The SMILES string of the molecule is COc1cc(C=CCSC(C)=O)cc(Br)c1O. The zero-order valence-corrected chi connectivity index (χ0v) is 12.0. The molecular formula is C12H13BrO3S. The zero-order valence-electron chi connectivity index (χ0n) is 9.57. The number of carbonyl (C=O) groups excluding carboxylic acids is 1. The molecule has 1 aromatic rings. The highest BCUT2D eigenvalue weighted by molar-refractivity contribution is 9.10. The van der Waals surface area contributed by atoms with E-state index < -0.39 is 0 Å². The van der Waals surface area contributed by atoms with Crippen LogP contribution in [-0.4, -0.2) is 23.1 Å². The van der Waals surface area contributed by atoms with Gasteiger partial charge in [-0.3, -0.25) is 4.79 Å². The Morgan fingerprint density at radius 1 is 1.59 bits per heavy atom. The highest BCUT2D eigenvalue weighted by atomic mass is 79.9. The lowest BCUT2D eigenvalue weighted by Crippen LogP contribution is -1.86. The van der Waals surface area contributed by atoms with Crippen molar-refractivity contribution in [1.29, 1.82) is 0 Å². The summed E-state index contributed by atoms with van der Waals surface area (Å²) in [4.78, 5) is 10.7. The van der Waals surface area contributed by atoms with Crippen LogP contribution in [-0.2, 0) is 4.79 Å². The van der Waals surface area contributed by atoms with E-state index in [1.54, 1.807) is 19.1 Å². The van der Waals surface area contributed by atoms with Crippen molar-refractivity contribution in [3.63, 3.8) is 0 Å². The number of ether oxygens (including phenoxy) is 1. The fourth-order valence-corrected chi connectivity index (χ4v) is 2.08. The van der Waals surface area contributed by atoms with Gasteiger partial charge >= 0.3 is 0 Å². The van der Waals surface area contributed by atoms with Crippen LogP contribution in [0.15, 0.2) is 22.7 Å². The van der Waals surface area contributed by atoms with Crippen molar-refractivity contribution in [2.75, 3.05) is 12.9 Å². The first-order valence-electron chi connectivity index (χ1n) is 4.91. The molecule has 92 valence electrons. The number of methoxy groups -OCH3 is 1. The number of carbonyl (C=O) groups is 1. The molecule has 0 radical (unpaired) electrons. The minimum Gasteiger partial charge on any atom is -0.503 e. The number of benzene rings is 1. The number of rotatable bonds is 4. The van der Waals surface area contributed by atoms with Gasteiger partial charge in [-0.25, -0.2) is 0 Å². The molecule has 1 aromatic carbocycles. The summed E-state index contributed by atoms with van der Waals surface area (Å²) in [7, 11) is 1.50. The molecule has 0 saturated heterocycles. The number of aromatic hydroxyl groups is 1. The Labute approximate surface area is 113 Å². The van der Waals surface area contributed by atoms with Gasteiger partial charge in [-0.2, -0.15) is 0 Å². The normalized spacial score (nSPS) is 10.8. The highest BCUT2D eigenvalue weighted by Crippen LogP contribution is 2.35. The van der Waals surface area contributed by atoms with Gasteiger partial charge in [-0.1, -0.05) is 23.9 Å². The van der Waals surface area contributed by atoms with E-state index in [0.29, 0.717) is 16.0 Å². The van der Waals surface area contributed by atoms with Crippen LogP contribution in [0.2, 0.25) is 0 Å². The van der Waals surface area contributed by atoms with Crippen molar-refractivity contribution in [3.8, 4) is 11.5 Å². The van der Waals surface area contributed by atoms with E-state index in [1.165, 1.54) is 18.9 Å². The Morgan fingerprint density at radius 2 is 2.29 bits per heavy atom. The summed E-state index contributed by atoms with van der Waals surface area (Å²) in [5.41, 5.74) is 0.899. The van der Waals surface area contributed by atoms with Crippen LogP contribution < -0.4 is 4.74 Å². The van der Waals surface area contributed by atoms with Gasteiger partial charge in [0.25, 0.3) is 0 Å². The lowest BCUT2D eigenvalue weighted by Gasteiger charge is -2.06. The molecule has 0 aromatic heterocycles. The van der Waals surface area contributed by atoms with Crippen LogP contribution in [0, 0.1) is 0 Å². The Balaban J connectivity index is 2.78. The van der Waals surface area contributed by atoms with Gasteiger partial charge in [0.2, 0.25) is 0 Å². The predicted octanol–water partition coefficient (Wildman–Crippen LogP) is 3.46. The van der Waals surface area contributed by atoms with Crippen molar-refractivity contribution in [3.05, 3.63) is 28.2 Å². The standard InChI is InChI=1S/C12H13BrO3S/c1-8(14)17-5-3-4-9-6-10(13)12(15)11(7-9)16-2/h3-4,6-7,15H,5H2,1-2H3. The maximum Gasteiger partial charge on any atom is 0.186 e. The smallest absolute Gasteiger partial charge is 0.186 e. The molecule has 3 nitrogen and oxygen atoms in total. The van der Waals surface area contributed by atoms with Gasteiger partial charge in [0.1, 0.15) is 0 Å². The Morgan fingerprint density at radius 3 is 2.88 bits per heavy atom. The summed E-state index contributed by atoms with van der Waals surface area (Å²) >= 11 is 4.50. The van der Waals surface area contributed by atoms with E-state index in [2.05, 4.69) is 15.9 Å². The topological polar surface area (TPSA) is 46.5 Å². The first-order chi connectivity index (χ1) is 8.04. The molecular weight excluding hydrogens is 304 g/mol. The minimum atomic E-state index is 0.0859. The second-order valence-electron chi connectivity index (χ2n) is 3.26. The van der Waals surface area contributed by atoms with Crippen molar-refractivity contribution in [1.82, 2.24) is 0 Å². The molecule has 1 rings (SSSR count). The van der Waals surface area contributed by atoms with Gasteiger partial charge in [-0.05, 0) is 33.6 Å². The molecule has 0 aliphatic heterocycles. The maximum atomic E-state index is 10.7. The molecule has 1 N–H and O–H groups in total. The zero-order chi connectivity index (χ0) is 12.8. The number of phenols is 1. The molecule has 0 saturated carbocycles. The van der Waals surface area contributed by atoms with Crippen LogP contribution in [0.4, 0.5) is 0 Å². The molecule has 0 unspecified atom stereocenters. The molecule has 0 fully saturated rings. The van der Waals surface area contributed by atoms with Gasteiger partial charge in [0.05, 0.1) is 11.6 Å². The number of hydrogen-bond donors (Lipinski definition) is 1. The fraction of sp³-hybridized carbons (Fsp3) is 0.250. The second-order valence-corrected chi connectivity index (χ2v) is 5.31. The van der Waals surface area contributed by atoms with E-state index in [0.717, 1.165) is 5.56 Å². The van der Waals surface area contributed by atoms with Crippen molar-refractivity contribution >= 4 is 38.9 Å². The fourth-order valence-electron chi connectivity index (χ4n) is 1.20. The van der Waals surface area contributed by atoms with Crippen LogP contribution in [0.3, 0.4) is 0 Å². The molecule has 17 heavy (non-hydrogen) atoms. The number of thioether (sulfide) groups is 1. The molecule has 0 spiro atoms. The number of hydrogen-bond acceptors (Lipinski definition) is 4. The van der Waals surface area contributed by atoms with E-state index in [9.17, 15) is 9.90 Å². The molecule has 0 aliphatic rings. The predicted molar refractivity (Wildman–Crippen MR) is 74.5 cm³/mol. The van der Waals surface area contributed by atoms with Crippen LogP contribution in [0.25, 0.3) is 6.08 Å². The van der Waals surface area contributed by atoms with Crippen molar-refractivity contribution in [2.45, 2.75) is 6.92 Å². The summed E-state index contributed by atoms with van der Waals surface area (Å²) < 4.78 is 5.62. The van der Waals surface area contributed by atoms with Crippen LogP contribution in [0.5, 0.6) is 11.5 Å². The molecule has 0 atom stereocenters. The lowest BCUT2D eigenvalue weighted by molar-refractivity contribution is -0.109. The quantitative estimate of drug-likeness (QED) is 0.924. The largest absolute Gasteiger partial charge is 0.503 e. The van der Waals surface area contributed by atoms with Gasteiger partial charge < -0.3 is 9.84 Å². The third-order valence-corrected chi connectivity index (χ3v) is 3.33. The third kappa shape index (κ3) is 4.44. The molecule has 0 heterocycles. The van der Waals surface area contributed by atoms with Crippen LogP contribution in [0.1, 0.15) is 12.5 Å². The first-order valence-corrected chi connectivity index (χ1v) is 6.69. The summed E-state index contributed by atoms with van der Waals surface area (Å²) in [6.07, 6.45) is 3.77. The van der Waals surface area contributed by atoms with Gasteiger partial charge in [0.15, 0.2) is 16.6 Å². The van der Waals surface area contributed by atoms with E-state index >= 15 is 0 Å². The van der Waals surface area contributed by atoms with Crippen LogP contribution >= 0.6 is 27.7 Å². The summed E-state index contributed by atoms with van der Waals surface area (Å²) in [5.74, 6) is 1.14. The Kier molecular flexibility index (Phi) is 5.58. The van der Waals surface area contributed by atoms with E-state index in [1.807, 2.05) is 12.2 Å². The monoisotopic (exact) mass is 316 g/mol. The van der Waals surface area contributed by atoms with Crippen molar-refractivity contribution < 1.29 is 14.6 Å². The molecule has 0 bridgehead atoms. The average molecular weight is 317 g/mol. The molecule has 0 amide bonds. The lowest BCUT2D eigenvalue weighted by atomic mass is 10.2. The van der Waals surface area contributed by atoms with Crippen molar-refractivity contribution in [2.24, 2.45) is 0 Å². The third-order valence-electron chi connectivity index (χ3n) is 1.96. The summed E-state index contributed by atoms with van der Waals surface area (Å²) in [6.45, 7) is 1.54. The van der Waals surface area contributed by atoms with E-state index in [-0.39, 0.29) is 10.9 Å².